The van der Waals surface area contributed by atoms with E-state index < -0.39 is 11.9 Å². The summed E-state index contributed by atoms with van der Waals surface area (Å²) in [4.78, 5) is 28.0. The molecule has 1 amide bonds. The van der Waals surface area contributed by atoms with E-state index in [1.165, 1.54) is 18.5 Å². The second kappa shape index (κ2) is 12.2. The van der Waals surface area contributed by atoms with Crippen molar-refractivity contribution < 1.29 is 14.3 Å². The molecule has 172 valence electrons. The van der Waals surface area contributed by atoms with Crippen molar-refractivity contribution in [3.63, 3.8) is 0 Å². The van der Waals surface area contributed by atoms with Gasteiger partial charge in [-0.1, -0.05) is 18.2 Å². The number of primary amides is 1. The Morgan fingerprint density at radius 2 is 1.64 bits per heavy atom. The van der Waals surface area contributed by atoms with Gasteiger partial charge in [-0.25, -0.2) is 15.6 Å². The second-order valence-electron chi connectivity index (χ2n) is 6.42. The van der Waals surface area contributed by atoms with Crippen LogP contribution in [0.5, 0.6) is 5.75 Å². The molecule has 33 heavy (non-hydrogen) atoms. The second-order valence-corrected chi connectivity index (χ2v) is 6.42. The summed E-state index contributed by atoms with van der Waals surface area (Å²) in [5.41, 5.74) is 15.1. The first-order valence-corrected chi connectivity index (χ1v) is 9.08. The molecule has 0 spiro atoms. The smallest absolute Gasteiger partial charge is 0.343 e. The molecule has 0 heterocycles. The van der Waals surface area contributed by atoms with E-state index in [0.29, 0.717) is 27.8 Å². The number of hydrazine groups is 1. The number of halogens is 2. The highest BCUT2D eigenvalue weighted by molar-refractivity contribution is 6.03. The van der Waals surface area contributed by atoms with Crippen LogP contribution in [-0.2, 0) is 4.79 Å². The van der Waals surface area contributed by atoms with Crippen molar-refractivity contribution in [3.05, 3.63) is 77.4 Å². The molecule has 0 bridgehead atoms. The average Bonchev–Trinajstić information content (AvgIpc) is 2.76. The lowest BCUT2D eigenvalue weighted by Gasteiger charge is -2.12. The van der Waals surface area contributed by atoms with Crippen molar-refractivity contribution >= 4 is 71.4 Å². The zero-order chi connectivity index (χ0) is 22.4. The minimum atomic E-state index is -0.641. The Kier molecular flexibility index (Phi) is 10.0. The van der Waals surface area contributed by atoms with Gasteiger partial charge in [0.1, 0.15) is 17.9 Å². The van der Waals surface area contributed by atoms with Crippen LogP contribution in [0.4, 0.5) is 5.69 Å². The molecule has 0 saturated carbocycles. The number of carbonyl (C=O) groups excluding carboxylic acids is 2. The number of nitrogen functional groups attached to an aromatic ring is 1. The van der Waals surface area contributed by atoms with Gasteiger partial charge in [0, 0.05) is 17.2 Å². The lowest BCUT2D eigenvalue weighted by atomic mass is 10.00. The third-order valence-corrected chi connectivity index (χ3v) is 4.34. The van der Waals surface area contributed by atoms with E-state index in [1.807, 2.05) is 0 Å². The molecule has 3 rings (SSSR count). The van der Waals surface area contributed by atoms with Gasteiger partial charge in [0.15, 0.2) is 0 Å². The highest BCUT2D eigenvalue weighted by atomic mass is 35.5. The van der Waals surface area contributed by atoms with E-state index in [1.54, 1.807) is 54.6 Å². The van der Waals surface area contributed by atoms with E-state index in [9.17, 15) is 9.59 Å². The topological polar surface area (TPSA) is 170 Å². The number of hydrogen-bond donors (Lipinski definition) is 5. The number of benzene rings is 3. The first-order valence-electron chi connectivity index (χ1n) is 9.08. The molecule has 8 N–H and O–H groups in total. The van der Waals surface area contributed by atoms with E-state index in [4.69, 9.17) is 27.5 Å². The largest absolute Gasteiger partial charge is 0.422 e. The van der Waals surface area contributed by atoms with E-state index in [-0.39, 0.29) is 36.4 Å². The normalized spacial score (nSPS) is 10.5. The number of esters is 1. The number of ether oxygens (including phenoxy) is 1. The maximum absolute atomic E-state index is 12.7. The molecule has 0 unspecified atom stereocenters. The Labute approximate surface area is 202 Å². The van der Waals surface area contributed by atoms with E-state index in [0.717, 1.165) is 5.39 Å². The van der Waals surface area contributed by atoms with Gasteiger partial charge >= 0.3 is 5.97 Å². The molecule has 0 atom stereocenters. The van der Waals surface area contributed by atoms with Gasteiger partial charge in [-0.3, -0.25) is 10.2 Å². The fourth-order valence-corrected chi connectivity index (χ4v) is 2.88. The fraction of sp³-hybridized carbons (Fsp3) is 0. The number of carbonyl (C=O) groups is 2. The number of rotatable bonds is 7. The molecule has 0 aromatic heterocycles. The Balaban J connectivity index is 0.00000272. The van der Waals surface area contributed by atoms with E-state index in [2.05, 4.69) is 10.4 Å². The third-order valence-electron chi connectivity index (χ3n) is 4.34. The van der Waals surface area contributed by atoms with Gasteiger partial charge in [0.25, 0.3) is 0 Å². The lowest BCUT2D eigenvalue weighted by Crippen LogP contribution is -2.18. The highest BCUT2D eigenvalue weighted by Gasteiger charge is 2.14. The molecule has 0 aliphatic carbocycles. The number of fused-ring (bicyclic) bond motifs is 1. The Hall–Kier alpha value is -3.92. The van der Waals surface area contributed by atoms with Gasteiger partial charge < -0.3 is 21.6 Å². The average molecular weight is 489 g/mol. The van der Waals surface area contributed by atoms with Crippen LogP contribution >= 0.6 is 24.8 Å². The summed E-state index contributed by atoms with van der Waals surface area (Å²) >= 11 is 0. The summed E-state index contributed by atoms with van der Waals surface area (Å²) in [6, 6.07) is 14.9. The van der Waals surface area contributed by atoms with Crippen LogP contribution in [0, 0.1) is 5.41 Å². The monoisotopic (exact) mass is 488 g/mol. The van der Waals surface area contributed by atoms with Crippen molar-refractivity contribution in [2.45, 2.75) is 0 Å². The van der Waals surface area contributed by atoms with Crippen LogP contribution in [0.15, 0.2) is 65.7 Å². The Morgan fingerprint density at radius 3 is 2.24 bits per heavy atom. The number of hydrogen-bond acceptors (Lipinski definition) is 6. The van der Waals surface area contributed by atoms with Crippen molar-refractivity contribution in [2.24, 2.45) is 22.3 Å². The summed E-state index contributed by atoms with van der Waals surface area (Å²) in [5.74, 6) is 4.09. The first-order chi connectivity index (χ1) is 14.9. The maximum atomic E-state index is 12.7. The van der Waals surface area contributed by atoms with Crippen LogP contribution in [0.1, 0.15) is 21.5 Å². The molecule has 0 fully saturated rings. The highest BCUT2D eigenvalue weighted by Crippen LogP contribution is 2.31. The van der Waals surface area contributed by atoms with Crippen LogP contribution < -0.4 is 27.5 Å². The lowest BCUT2D eigenvalue weighted by molar-refractivity contribution is -0.113. The third kappa shape index (κ3) is 6.78. The molecule has 0 saturated heterocycles. The van der Waals surface area contributed by atoms with Crippen molar-refractivity contribution in [1.29, 1.82) is 5.41 Å². The summed E-state index contributed by atoms with van der Waals surface area (Å²) in [7, 11) is 0. The first kappa shape index (κ1) is 27.1. The van der Waals surface area contributed by atoms with Crippen LogP contribution in [0.2, 0.25) is 0 Å². The van der Waals surface area contributed by atoms with Crippen LogP contribution in [0.25, 0.3) is 16.8 Å². The number of nitrogens with zero attached hydrogens (tertiary/aromatic N) is 1. The Morgan fingerprint density at radius 1 is 0.970 bits per heavy atom. The number of amides is 1. The predicted octanol–water partition coefficient (Wildman–Crippen LogP) is 2.81. The van der Waals surface area contributed by atoms with E-state index >= 15 is 0 Å². The summed E-state index contributed by atoms with van der Waals surface area (Å²) in [6.45, 7) is 0. The molecule has 0 aliphatic heterocycles. The fourth-order valence-electron chi connectivity index (χ4n) is 2.88. The van der Waals surface area contributed by atoms with Crippen molar-refractivity contribution in [1.82, 2.24) is 5.43 Å². The molecule has 3 aromatic rings. The minimum Gasteiger partial charge on any atom is -0.422 e. The molecule has 9 nitrogen and oxygen atoms in total. The molecular weight excluding hydrogens is 467 g/mol. The summed E-state index contributed by atoms with van der Waals surface area (Å²) in [6.07, 6.45) is 3.99. The molecule has 0 aliphatic rings. The number of amidine groups is 1. The van der Waals surface area contributed by atoms with Crippen LogP contribution in [0.3, 0.4) is 0 Å². The van der Waals surface area contributed by atoms with Gasteiger partial charge in [-0.15, -0.1) is 24.8 Å². The van der Waals surface area contributed by atoms with Gasteiger partial charge in [0.2, 0.25) is 5.91 Å². The number of nitrogens with one attached hydrogen (secondary N) is 2. The SMILES string of the molecule is Cl.Cl.N=C(N)c1ccc2c(C=CC(N)=O)c(OC(=O)c3ccc(N=CNN)cc3)ccc2c1. The van der Waals surface area contributed by atoms with Gasteiger partial charge in [-0.2, -0.15) is 0 Å². The zero-order valence-corrected chi connectivity index (χ0v) is 18.8. The van der Waals surface area contributed by atoms with Crippen LogP contribution in [-0.4, -0.2) is 24.1 Å². The molecule has 3 aromatic carbocycles. The van der Waals surface area contributed by atoms with Gasteiger partial charge in [0.05, 0.1) is 11.3 Å². The molecule has 11 heteroatoms. The predicted molar refractivity (Wildman–Crippen MR) is 135 cm³/mol. The van der Waals surface area contributed by atoms with Crippen molar-refractivity contribution in [3.8, 4) is 5.75 Å². The minimum absolute atomic E-state index is 0. The summed E-state index contributed by atoms with van der Waals surface area (Å²) < 4.78 is 5.59. The van der Waals surface area contributed by atoms with Crippen molar-refractivity contribution in [2.75, 3.05) is 0 Å². The maximum Gasteiger partial charge on any atom is 0.343 e. The zero-order valence-electron chi connectivity index (χ0n) is 17.1. The standard InChI is InChI=1S/C22H20N6O3.2ClH/c23-20(29)10-8-18-17-7-3-15(21(24)25)11-14(17)4-9-19(18)31-22(30)13-1-5-16(6-2-13)27-12-28-26;;/h1-12H,26H2,(H2,23,29)(H3,24,25)(H,27,28);2*1H. The summed E-state index contributed by atoms with van der Waals surface area (Å²) in [5, 5.41) is 9.06. The number of nitrogens with two attached hydrogens (primary N) is 3. The molecule has 0 radical (unpaired) electrons. The quantitative estimate of drug-likeness (QED) is 0.0650. The Bertz CT molecular complexity index is 1230. The number of aliphatic imine (C=N–C) groups is 1. The van der Waals surface area contributed by atoms with Gasteiger partial charge in [-0.05, 0) is 53.2 Å². The molecular formula is C22H22Cl2N6O3.